The summed E-state index contributed by atoms with van der Waals surface area (Å²) in [5, 5.41) is 5.66. The Morgan fingerprint density at radius 2 is 1.96 bits per heavy atom. The molecule has 0 radical (unpaired) electrons. The molecule has 1 aliphatic rings. The highest BCUT2D eigenvalue weighted by atomic mass is 16.2. The molecule has 1 aromatic rings. The van der Waals surface area contributed by atoms with Crippen LogP contribution in [0.5, 0.6) is 0 Å². The highest BCUT2D eigenvalue weighted by Gasteiger charge is 2.22. The van der Waals surface area contributed by atoms with Crippen molar-refractivity contribution >= 4 is 11.8 Å². The van der Waals surface area contributed by atoms with E-state index in [-0.39, 0.29) is 11.8 Å². The topological polar surface area (TPSA) is 61.4 Å². The van der Waals surface area contributed by atoms with Crippen molar-refractivity contribution in [2.45, 2.75) is 45.2 Å². The van der Waals surface area contributed by atoms with Crippen LogP contribution in [-0.2, 0) is 16.1 Å². The lowest BCUT2D eigenvalue weighted by Crippen LogP contribution is -2.46. The molecule has 2 amide bonds. The summed E-state index contributed by atoms with van der Waals surface area (Å²) in [6, 6.07) is 10.9. The Labute approximate surface area is 138 Å². The molecule has 5 nitrogen and oxygen atoms in total. The Bertz CT molecular complexity index is 504. The Kier molecular flexibility index (Phi) is 7.07. The van der Waals surface area contributed by atoms with Crippen molar-refractivity contribution in [1.29, 1.82) is 0 Å². The van der Waals surface area contributed by atoms with E-state index in [9.17, 15) is 9.59 Å². The van der Waals surface area contributed by atoms with Crippen LogP contribution in [0.15, 0.2) is 30.3 Å². The number of carbonyl (C=O) groups excluding carboxylic acids is 2. The highest BCUT2D eigenvalue weighted by molar-refractivity contribution is 5.77. The second-order valence-electron chi connectivity index (χ2n) is 6.14. The van der Waals surface area contributed by atoms with Gasteiger partial charge in [0.1, 0.15) is 0 Å². The van der Waals surface area contributed by atoms with Crippen molar-refractivity contribution in [2.75, 3.05) is 19.6 Å². The minimum Gasteiger partial charge on any atom is -0.356 e. The van der Waals surface area contributed by atoms with Gasteiger partial charge in [-0.3, -0.25) is 14.5 Å². The molecule has 1 heterocycles. The second-order valence-corrected chi connectivity index (χ2v) is 6.14. The fraction of sp³-hybridized carbons (Fsp3) is 0.556. The predicted molar refractivity (Wildman–Crippen MR) is 90.8 cm³/mol. The Hall–Kier alpha value is -1.88. The molecular formula is C18H27N3O2. The second kappa shape index (κ2) is 9.30. The molecule has 0 spiro atoms. The molecule has 1 saturated heterocycles. The molecule has 1 aliphatic heterocycles. The Balaban J connectivity index is 1.77. The standard InChI is InChI=1S/C18H27N3O2/c1-15(22)19-11-10-18(23)20-13-17-9-5-6-12-21(17)14-16-7-3-2-4-8-16/h2-4,7-8,17H,5-6,9-14H2,1H3,(H,19,22)(H,20,23)/t17-/m1/s1. The summed E-state index contributed by atoms with van der Waals surface area (Å²) in [4.78, 5) is 25.1. The molecule has 1 atom stereocenters. The normalized spacial score (nSPS) is 18.4. The predicted octanol–water partition coefficient (Wildman–Crippen LogP) is 1.68. The smallest absolute Gasteiger partial charge is 0.221 e. The van der Waals surface area contributed by atoms with Crippen molar-refractivity contribution in [3.63, 3.8) is 0 Å². The van der Waals surface area contributed by atoms with Crippen LogP contribution in [0, 0.1) is 0 Å². The molecule has 2 rings (SSSR count). The van der Waals surface area contributed by atoms with Gasteiger partial charge in [-0.15, -0.1) is 0 Å². The number of carbonyl (C=O) groups is 2. The molecule has 126 valence electrons. The fourth-order valence-electron chi connectivity index (χ4n) is 2.99. The maximum absolute atomic E-state index is 11.9. The molecular weight excluding hydrogens is 290 g/mol. The van der Waals surface area contributed by atoms with E-state index < -0.39 is 0 Å². The summed E-state index contributed by atoms with van der Waals surface area (Å²) in [5.41, 5.74) is 1.32. The van der Waals surface area contributed by atoms with E-state index in [0.717, 1.165) is 19.5 Å². The SMILES string of the molecule is CC(=O)NCCC(=O)NC[C@H]1CCCCN1Cc1ccccc1. The molecule has 0 unspecified atom stereocenters. The van der Waals surface area contributed by atoms with Gasteiger partial charge in [-0.2, -0.15) is 0 Å². The van der Waals surface area contributed by atoms with Crippen molar-refractivity contribution in [2.24, 2.45) is 0 Å². The van der Waals surface area contributed by atoms with Gasteiger partial charge in [0.05, 0.1) is 0 Å². The molecule has 0 aliphatic carbocycles. The van der Waals surface area contributed by atoms with Crippen molar-refractivity contribution in [3.8, 4) is 0 Å². The number of benzene rings is 1. The molecule has 1 fully saturated rings. The molecule has 0 bridgehead atoms. The number of amides is 2. The van der Waals surface area contributed by atoms with E-state index in [1.807, 2.05) is 6.07 Å². The van der Waals surface area contributed by atoms with Crippen molar-refractivity contribution in [1.82, 2.24) is 15.5 Å². The van der Waals surface area contributed by atoms with E-state index in [2.05, 4.69) is 39.8 Å². The average molecular weight is 317 g/mol. The molecule has 2 N–H and O–H groups in total. The van der Waals surface area contributed by atoms with Crippen LogP contribution < -0.4 is 10.6 Å². The average Bonchev–Trinajstić information content (AvgIpc) is 2.55. The quantitative estimate of drug-likeness (QED) is 0.804. The van der Waals surface area contributed by atoms with Gasteiger partial charge in [0.25, 0.3) is 0 Å². The number of hydrogen-bond acceptors (Lipinski definition) is 3. The third-order valence-electron chi connectivity index (χ3n) is 4.24. The van der Waals surface area contributed by atoms with Crippen LogP contribution in [0.1, 0.15) is 38.2 Å². The maximum atomic E-state index is 11.9. The minimum absolute atomic E-state index is 0.00369. The lowest BCUT2D eigenvalue weighted by Gasteiger charge is -2.36. The van der Waals surface area contributed by atoms with Crippen LogP contribution >= 0.6 is 0 Å². The van der Waals surface area contributed by atoms with Gasteiger partial charge < -0.3 is 10.6 Å². The van der Waals surface area contributed by atoms with Crippen LogP contribution in [-0.4, -0.2) is 42.4 Å². The maximum Gasteiger partial charge on any atom is 0.221 e. The minimum atomic E-state index is -0.0980. The number of nitrogens with zero attached hydrogens (tertiary/aromatic N) is 1. The first-order valence-electron chi connectivity index (χ1n) is 8.44. The van der Waals surface area contributed by atoms with E-state index in [4.69, 9.17) is 0 Å². The van der Waals surface area contributed by atoms with Crippen LogP contribution in [0.2, 0.25) is 0 Å². The van der Waals surface area contributed by atoms with Gasteiger partial charge in [-0.05, 0) is 24.9 Å². The lowest BCUT2D eigenvalue weighted by molar-refractivity contribution is -0.121. The molecule has 1 aromatic carbocycles. The number of nitrogens with one attached hydrogen (secondary N) is 2. The number of piperidine rings is 1. The van der Waals surface area contributed by atoms with Gasteiger partial charge >= 0.3 is 0 Å². The van der Waals surface area contributed by atoms with E-state index in [1.165, 1.54) is 25.3 Å². The molecule has 23 heavy (non-hydrogen) atoms. The zero-order valence-electron chi connectivity index (χ0n) is 13.9. The summed E-state index contributed by atoms with van der Waals surface area (Å²) in [7, 11) is 0. The first-order chi connectivity index (χ1) is 11.1. The monoisotopic (exact) mass is 317 g/mol. The lowest BCUT2D eigenvalue weighted by atomic mass is 10.0. The third kappa shape index (κ3) is 6.40. The first kappa shape index (κ1) is 17.5. The molecule has 5 heteroatoms. The van der Waals surface area contributed by atoms with Crippen molar-refractivity contribution < 1.29 is 9.59 Å². The van der Waals surface area contributed by atoms with Gasteiger partial charge in [0.15, 0.2) is 0 Å². The van der Waals surface area contributed by atoms with E-state index >= 15 is 0 Å². The summed E-state index contributed by atoms with van der Waals surface area (Å²) in [5.74, 6) is -0.0944. The number of rotatable bonds is 7. The third-order valence-corrected chi connectivity index (χ3v) is 4.24. The van der Waals surface area contributed by atoms with Gasteiger partial charge in [0.2, 0.25) is 11.8 Å². The fourth-order valence-corrected chi connectivity index (χ4v) is 2.99. The van der Waals surface area contributed by atoms with Crippen LogP contribution in [0.25, 0.3) is 0 Å². The van der Waals surface area contributed by atoms with Gasteiger partial charge in [0, 0.05) is 39.0 Å². The van der Waals surface area contributed by atoms with E-state index in [1.54, 1.807) is 0 Å². The molecule has 0 aromatic heterocycles. The highest BCUT2D eigenvalue weighted by Crippen LogP contribution is 2.19. The Morgan fingerprint density at radius 3 is 2.70 bits per heavy atom. The van der Waals surface area contributed by atoms with Crippen LogP contribution in [0.4, 0.5) is 0 Å². The van der Waals surface area contributed by atoms with Gasteiger partial charge in [-0.1, -0.05) is 36.8 Å². The molecule has 0 saturated carbocycles. The Morgan fingerprint density at radius 1 is 1.17 bits per heavy atom. The first-order valence-corrected chi connectivity index (χ1v) is 8.44. The largest absolute Gasteiger partial charge is 0.356 e. The summed E-state index contributed by atoms with van der Waals surface area (Å²) >= 11 is 0. The van der Waals surface area contributed by atoms with Gasteiger partial charge in [-0.25, -0.2) is 0 Å². The van der Waals surface area contributed by atoms with Crippen LogP contribution in [0.3, 0.4) is 0 Å². The summed E-state index contributed by atoms with van der Waals surface area (Å²) in [6.07, 6.45) is 3.90. The number of likely N-dealkylation sites (tertiary alicyclic amines) is 1. The van der Waals surface area contributed by atoms with E-state index in [0.29, 0.717) is 25.6 Å². The summed E-state index contributed by atoms with van der Waals surface area (Å²) < 4.78 is 0. The summed E-state index contributed by atoms with van der Waals surface area (Å²) in [6.45, 7) is 4.57. The zero-order chi connectivity index (χ0) is 16.5. The number of hydrogen-bond donors (Lipinski definition) is 2. The van der Waals surface area contributed by atoms with Crippen molar-refractivity contribution in [3.05, 3.63) is 35.9 Å². The zero-order valence-corrected chi connectivity index (χ0v) is 13.9.